The maximum atomic E-state index is 9.57. The van der Waals surface area contributed by atoms with Gasteiger partial charge in [0.25, 0.3) is 0 Å². The van der Waals surface area contributed by atoms with Gasteiger partial charge in [-0.15, -0.1) is 0 Å². The zero-order chi connectivity index (χ0) is 15.2. The van der Waals surface area contributed by atoms with E-state index in [0.29, 0.717) is 11.7 Å². The molecule has 0 bridgehead atoms. The number of phenols is 1. The lowest BCUT2D eigenvalue weighted by Gasteiger charge is -2.32. The molecule has 0 amide bonds. The van der Waals surface area contributed by atoms with Crippen molar-refractivity contribution in [2.24, 2.45) is 17.8 Å². The molecule has 2 heteroatoms. The molecule has 1 aliphatic carbocycles. The van der Waals surface area contributed by atoms with E-state index in [1.807, 2.05) is 12.1 Å². The molecule has 0 aromatic heterocycles. The van der Waals surface area contributed by atoms with Crippen molar-refractivity contribution in [1.29, 1.82) is 0 Å². The Hall–Kier alpha value is -1.02. The van der Waals surface area contributed by atoms with Crippen LogP contribution in [0.3, 0.4) is 0 Å². The summed E-state index contributed by atoms with van der Waals surface area (Å²) in [5.41, 5.74) is 1.16. The number of hydrogen-bond donors (Lipinski definition) is 2. The predicted octanol–water partition coefficient (Wildman–Crippen LogP) is 4.90. The third-order valence-electron chi connectivity index (χ3n) is 5.41. The van der Waals surface area contributed by atoms with Crippen LogP contribution in [0.5, 0.6) is 5.75 Å². The van der Waals surface area contributed by atoms with Crippen molar-refractivity contribution in [1.82, 2.24) is 5.32 Å². The van der Waals surface area contributed by atoms with E-state index in [1.54, 1.807) is 6.07 Å². The van der Waals surface area contributed by atoms with Gasteiger partial charge in [-0.3, -0.25) is 0 Å². The minimum Gasteiger partial charge on any atom is -0.508 e. The Labute approximate surface area is 130 Å². The smallest absolute Gasteiger partial charge is 0.115 e. The predicted molar refractivity (Wildman–Crippen MR) is 89.4 cm³/mol. The van der Waals surface area contributed by atoms with Crippen molar-refractivity contribution >= 4 is 0 Å². The third-order valence-corrected chi connectivity index (χ3v) is 5.41. The van der Waals surface area contributed by atoms with E-state index in [9.17, 15) is 5.11 Å². The topological polar surface area (TPSA) is 32.3 Å². The average Bonchev–Trinajstić information content (AvgIpc) is 2.52. The molecule has 0 spiro atoms. The summed E-state index contributed by atoms with van der Waals surface area (Å²) in [5, 5.41) is 13.2. The van der Waals surface area contributed by atoms with Gasteiger partial charge in [-0.05, 0) is 48.9 Å². The van der Waals surface area contributed by atoms with Gasteiger partial charge in [0.2, 0.25) is 0 Å². The Morgan fingerprint density at radius 1 is 1.14 bits per heavy atom. The van der Waals surface area contributed by atoms with Gasteiger partial charge in [-0.25, -0.2) is 0 Å². The molecule has 1 aromatic carbocycles. The van der Waals surface area contributed by atoms with Crippen LogP contribution in [-0.2, 0) is 0 Å². The summed E-state index contributed by atoms with van der Waals surface area (Å²) in [6.07, 6.45) is 7.13. The highest BCUT2D eigenvalue weighted by Gasteiger charge is 2.24. The van der Waals surface area contributed by atoms with Crippen molar-refractivity contribution in [2.75, 3.05) is 6.54 Å². The van der Waals surface area contributed by atoms with E-state index in [-0.39, 0.29) is 6.04 Å². The Bertz CT molecular complexity index is 425. The zero-order valence-electron chi connectivity index (χ0n) is 13.8. The maximum absolute atomic E-state index is 9.57. The summed E-state index contributed by atoms with van der Waals surface area (Å²) < 4.78 is 0. The molecule has 3 unspecified atom stereocenters. The van der Waals surface area contributed by atoms with Crippen LogP contribution in [0.2, 0.25) is 0 Å². The molecule has 0 heterocycles. The second-order valence-corrected chi connectivity index (χ2v) is 6.96. The average molecular weight is 289 g/mol. The van der Waals surface area contributed by atoms with E-state index in [1.165, 1.54) is 32.1 Å². The van der Waals surface area contributed by atoms with Crippen LogP contribution >= 0.6 is 0 Å². The molecular formula is C19H31NO. The van der Waals surface area contributed by atoms with E-state index in [2.05, 4.69) is 32.2 Å². The Balaban J connectivity index is 1.81. The molecule has 0 saturated heterocycles. The molecule has 2 nitrogen and oxygen atoms in total. The highest BCUT2D eigenvalue weighted by atomic mass is 16.3. The van der Waals surface area contributed by atoms with E-state index < -0.39 is 0 Å². The van der Waals surface area contributed by atoms with Crippen molar-refractivity contribution in [3.63, 3.8) is 0 Å². The molecule has 0 radical (unpaired) electrons. The fraction of sp³-hybridized carbons (Fsp3) is 0.684. The molecule has 21 heavy (non-hydrogen) atoms. The molecule has 3 atom stereocenters. The van der Waals surface area contributed by atoms with Crippen molar-refractivity contribution < 1.29 is 5.11 Å². The molecule has 1 aromatic rings. The first-order valence-electron chi connectivity index (χ1n) is 8.60. The van der Waals surface area contributed by atoms with Gasteiger partial charge in [-0.2, -0.15) is 0 Å². The number of phenolic OH excluding ortho intramolecular Hbond substituents is 1. The van der Waals surface area contributed by atoms with E-state index in [0.717, 1.165) is 23.9 Å². The molecule has 118 valence electrons. The van der Waals surface area contributed by atoms with Crippen LogP contribution in [0.4, 0.5) is 0 Å². The van der Waals surface area contributed by atoms with Gasteiger partial charge in [0.15, 0.2) is 0 Å². The quantitative estimate of drug-likeness (QED) is 0.781. The first-order valence-corrected chi connectivity index (χ1v) is 8.60. The minimum atomic E-state index is 0.290. The van der Waals surface area contributed by atoms with Crippen LogP contribution < -0.4 is 5.32 Å². The van der Waals surface area contributed by atoms with Gasteiger partial charge in [-0.1, -0.05) is 58.1 Å². The second-order valence-electron chi connectivity index (χ2n) is 6.96. The monoisotopic (exact) mass is 289 g/mol. The van der Waals surface area contributed by atoms with Gasteiger partial charge >= 0.3 is 0 Å². The molecule has 2 rings (SSSR count). The fourth-order valence-electron chi connectivity index (χ4n) is 3.59. The summed E-state index contributed by atoms with van der Waals surface area (Å²) in [4.78, 5) is 0. The Morgan fingerprint density at radius 2 is 1.86 bits per heavy atom. The SMILES string of the molecule is CC(NCC(C)C(C)C1CCCCC1)c1cccc(O)c1. The van der Waals surface area contributed by atoms with Crippen LogP contribution in [0.15, 0.2) is 24.3 Å². The minimum absolute atomic E-state index is 0.290. The summed E-state index contributed by atoms with van der Waals surface area (Å²) in [5.74, 6) is 2.78. The maximum Gasteiger partial charge on any atom is 0.115 e. The van der Waals surface area contributed by atoms with Crippen LogP contribution in [0.1, 0.15) is 64.5 Å². The Kier molecular flexibility index (Phi) is 6.10. The van der Waals surface area contributed by atoms with Gasteiger partial charge in [0, 0.05) is 6.04 Å². The highest BCUT2D eigenvalue weighted by molar-refractivity contribution is 5.28. The number of hydrogen-bond acceptors (Lipinski definition) is 2. The molecular weight excluding hydrogens is 258 g/mol. The lowest BCUT2D eigenvalue weighted by atomic mass is 9.75. The number of nitrogens with one attached hydrogen (secondary N) is 1. The number of benzene rings is 1. The van der Waals surface area contributed by atoms with Crippen LogP contribution in [0, 0.1) is 17.8 Å². The summed E-state index contributed by atoms with van der Waals surface area (Å²) >= 11 is 0. The van der Waals surface area contributed by atoms with Crippen LogP contribution in [0.25, 0.3) is 0 Å². The summed E-state index contributed by atoms with van der Waals surface area (Å²) in [6.45, 7) is 8.03. The molecule has 0 aliphatic heterocycles. The molecule has 1 fully saturated rings. The summed E-state index contributed by atoms with van der Waals surface area (Å²) in [7, 11) is 0. The van der Waals surface area contributed by atoms with Gasteiger partial charge in [0.1, 0.15) is 5.75 Å². The number of aromatic hydroxyl groups is 1. The molecule has 1 saturated carbocycles. The molecule has 1 aliphatic rings. The fourth-order valence-corrected chi connectivity index (χ4v) is 3.59. The Morgan fingerprint density at radius 3 is 2.52 bits per heavy atom. The first kappa shape index (κ1) is 16.4. The van der Waals surface area contributed by atoms with Crippen molar-refractivity contribution in [3.8, 4) is 5.75 Å². The lowest BCUT2D eigenvalue weighted by Crippen LogP contribution is -2.31. The normalized spacial score (nSPS) is 20.9. The highest BCUT2D eigenvalue weighted by Crippen LogP contribution is 2.33. The third kappa shape index (κ3) is 4.74. The number of rotatable bonds is 6. The van der Waals surface area contributed by atoms with E-state index >= 15 is 0 Å². The second kappa shape index (κ2) is 7.84. The van der Waals surface area contributed by atoms with Gasteiger partial charge < -0.3 is 10.4 Å². The summed E-state index contributed by atoms with van der Waals surface area (Å²) in [6, 6.07) is 7.86. The molecule has 2 N–H and O–H groups in total. The zero-order valence-corrected chi connectivity index (χ0v) is 13.8. The standard InChI is InChI=1S/C19H31NO/c1-14(15(2)17-8-5-4-6-9-17)13-20-16(3)18-10-7-11-19(21)12-18/h7,10-12,14-17,20-21H,4-6,8-9,13H2,1-3H3. The lowest BCUT2D eigenvalue weighted by molar-refractivity contribution is 0.198. The van der Waals surface area contributed by atoms with Crippen molar-refractivity contribution in [2.45, 2.75) is 58.9 Å². The van der Waals surface area contributed by atoms with Crippen molar-refractivity contribution in [3.05, 3.63) is 29.8 Å². The first-order chi connectivity index (χ1) is 10.1. The largest absolute Gasteiger partial charge is 0.508 e. The van der Waals surface area contributed by atoms with Gasteiger partial charge in [0.05, 0.1) is 0 Å². The van der Waals surface area contributed by atoms with Crippen LogP contribution in [-0.4, -0.2) is 11.7 Å². The van der Waals surface area contributed by atoms with E-state index in [4.69, 9.17) is 0 Å².